The summed E-state index contributed by atoms with van der Waals surface area (Å²) in [6.07, 6.45) is 2.26. The molecule has 0 radical (unpaired) electrons. The van der Waals surface area contributed by atoms with Crippen molar-refractivity contribution in [1.82, 2.24) is 15.3 Å². The zero-order chi connectivity index (χ0) is 14.3. The van der Waals surface area contributed by atoms with Gasteiger partial charge in [-0.3, -0.25) is 4.79 Å². The smallest absolute Gasteiger partial charge is 0.270 e. The molecule has 1 amide bonds. The van der Waals surface area contributed by atoms with Crippen LogP contribution >= 0.6 is 0 Å². The van der Waals surface area contributed by atoms with Gasteiger partial charge in [0.05, 0.1) is 6.10 Å². The first kappa shape index (κ1) is 13.3. The average molecular weight is 276 g/mol. The quantitative estimate of drug-likeness (QED) is 0.862. The maximum Gasteiger partial charge on any atom is 0.270 e. The minimum atomic E-state index is -0.170. The number of nitrogens with one attached hydrogen (secondary N) is 1. The number of fused-ring (bicyclic) bond motifs is 1. The molecular formula is C14H20N4O2. The van der Waals surface area contributed by atoms with Gasteiger partial charge in [0, 0.05) is 24.3 Å². The predicted octanol–water partition coefficient (Wildman–Crippen LogP) is 1.09. The Morgan fingerprint density at radius 3 is 3.00 bits per heavy atom. The van der Waals surface area contributed by atoms with Gasteiger partial charge in [0.2, 0.25) is 5.95 Å². The van der Waals surface area contributed by atoms with Crippen LogP contribution in [0.5, 0.6) is 0 Å². The van der Waals surface area contributed by atoms with Crippen molar-refractivity contribution in [1.29, 1.82) is 0 Å². The van der Waals surface area contributed by atoms with Gasteiger partial charge >= 0.3 is 0 Å². The van der Waals surface area contributed by atoms with Gasteiger partial charge in [-0.05, 0) is 24.8 Å². The van der Waals surface area contributed by atoms with Crippen LogP contribution in [0.15, 0.2) is 6.07 Å². The maximum atomic E-state index is 12.3. The molecule has 3 N–H and O–H groups in total. The highest BCUT2D eigenvalue weighted by atomic mass is 16.5. The minimum absolute atomic E-state index is 0.150. The third-order valence-electron chi connectivity index (χ3n) is 4.17. The van der Waals surface area contributed by atoms with E-state index in [-0.39, 0.29) is 23.8 Å². The molecule has 6 nitrogen and oxygen atoms in total. The Morgan fingerprint density at radius 1 is 1.50 bits per heavy atom. The summed E-state index contributed by atoms with van der Waals surface area (Å²) >= 11 is 0. The van der Waals surface area contributed by atoms with Gasteiger partial charge in [0.1, 0.15) is 5.69 Å². The van der Waals surface area contributed by atoms with Gasteiger partial charge in [0.15, 0.2) is 0 Å². The van der Waals surface area contributed by atoms with Crippen molar-refractivity contribution in [3.05, 3.63) is 17.5 Å². The number of nitrogen functional groups attached to an aromatic ring is 1. The summed E-state index contributed by atoms with van der Waals surface area (Å²) in [6, 6.07) is 1.92. The minimum Gasteiger partial charge on any atom is -0.378 e. The number of carbonyl (C=O) groups is 1. The van der Waals surface area contributed by atoms with Crippen molar-refractivity contribution < 1.29 is 9.53 Å². The highest BCUT2D eigenvalue weighted by Gasteiger charge is 2.45. The third kappa shape index (κ3) is 2.35. The molecule has 0 aromatic carbocycles. The fourth-order valence-electron chi connectivity index (χ4n) is 2.90. The average Bonchev–Trinajstić information content (AvgIpc) is 2.76. The summed E-state index contributed by atoms with van der Waals surface area (Å²) in [6.45, 7) is 4.82. The zero-order valence-corrected chi connectivity index (χ0v) is 11.8. The summed E-state index contributed by atoms with van der Waals surface area (Å²) in [5.41, 5.74) is 6.82. The van der Waals surface area contributed by atoms with Gasteiger partial charge in [-0.15, -0.1) is 0 Å². The van der Waals surface area contributed by atoms with Crippen molar-refractivity contribution in [3.8, 4) is 0 Å². The lowest BCUT2D eigenvalue weighted by atomic mass is 9.76. The Labute approximate surface area is 118 Å². The predicted molar refractivity (Wildman–Crippen MR) is 74.3 cm³/mol. The van der Waals surface area contributed by atoms with Gasteiger partial charge in [-0.2, -0.15) is 0 Å². The van der Waals surface area contributed by atoms with E-state index in [0.29, 0.717) is 17.7 Å². The second kappa shape index (κ2) is 5.01. The van der Waals surface area contributed by atoms with E-state index in [1.54, 1.807) is 6.07 Å². The Bertz CT molecular complexity index is 532. The van der Waals surface area contributed by atoms with Gasteiger partial charge in [0.25, 0.3) is 5.91 Å². The number of ether oxygens (including phenoxy) is 1. The first-order valence-corrected chi connectivity index (χ1v) is 7.11. The molecule has 1 aromatic heterocycles. The molecule has 0 spiro atoms. The van der Waals surface area contributed by atoms with Gasteiger partial charge in [-0.1, -0.05) is 13.8 Å². The number of hydrogen-bond acceptors (Lipinski definition) is 5. The summed E-state index contributed by atoms with van der Waals surface area (Å²) in [5.74, 6) is 0.652. The van der Waals surface area contributed by atoms with E-state index in [1.807, 2.05) is 13.8 Å². The summed E-state index contributed by atoms with van der Waals surface area (Å²) in [5, 5.41) is 3.03. The van der Waals surface area contributed by atoms with E-state index in [2.05, 4.69) is 15.3 Å². The van der Waals surface area contributed by atoms with Crippen LogP contribution < -0.4 is 11.1 Å². The van der Waals surface area contributed by atoms with Crippen molar-refractivity contribution in [2.24, 2.45) is 5.92 Å². The topological polar surface area (TPSA) is 90.1 Å². The summed E-state index contributed by atoms with van der Waals surface area (Å²) < 4.78 is 5.54. The van der Waals surface area contributed by atoms with Crippen molar-refractivity contribution in [2.75, 3.05) is 12.3 Å². The van der Waals surface area contributed by atoms with E-state index in [0.717, 1.165) is 25.1 Å². The lowest BCUT2D eigenvalue weighted by Crippen LogP contribution is -2.53. The molecule has 3 unspecified atom stereocenters. The standard InChI is InChI=1S/C14H20N4O2/c1-7(2)9-5-11(18-14(15)17-9)13(19)16-10-6-12-8(10)3-4-20-12/h5,7-8,10,12H,3-4,6H2,1-2H3,(H,16,19)(H2,15,17,18). The molecule has 1 saturated carbocycles. The number of aromatic nitrogens is 2. The molecule has 2 fully saturated rings. The Kier molecular flexibility index (Phi) is 3.33. The van der Waals surface area contributed by atoms with E-state index in [1.165, 1.54) is 0 Å². The molecule has 1 saturated heterocycles. The van der Waals surface area contributed by atoms with Crippen LogP contribution in [-0.2, 0) is 4.74 Å². The molecule has 3 rings (SSSR count). The molecule has 6 heteroatoms. The van der Waals surface area contributed by atoms with Crippen LogP contribution in [0.3, 0.4) is 0 Å². The molecule has 2 aliphatic rings. The van der Waals surface area contributed by atoms with Crippen LogP contribution in [0, 0.1) is 5.92 Å². The molecule has 2 heterocycles. The zero-order valence-electron chi connectivity index (χ0n) is 11.8. The van der Waals surface area contributed by atoms with Crippen LogP contribution in [0.1, 0.15) is 48.8 Å². The van der Waals surface area contributed by atoms with Crippen LogP contribution in [0.4, 0.5) is 5.95 Å². The molecule has 1 aliphatic carbocycles. The normalized spacial score (nSPS) is 28.1. The number of anilines is 1. The fraction of sp³-hybridized carbons (Fsp3) is 0.643. The Balaban J connectivity index is 1.71. The van der Waals surface area contributed by atoms with Crippen LogP contribution in [-0.4, -0.2) is 34.6 Å². The van der Waals surface area contributed by atoms with Gasteiger partial charge in [-0.25, -0.2) is 9.97 Å². The lowest BCUT2D eigenvalue weighted by molar-refractivity contribution is 0.00802. The number of carbonyl (C=O) groups excluding carboxylic acids is 1. The molecule has 0 bridgehead atoms. The number of rotatable bonds is 3. The summed E-state index contributed by atoms with van der Waals surface area (Å²) in [7, 11) is 0. The Morgan fingerprint density at radius 2 is 2.30 bits per heavy atom. The second-order valence-electron chi connectivity index (χ2n) is 5.87. The number of hydrogen-bond donors (Lipinski definition) is 2. The first-order valence-electron chi connectivity index (χ1n) is 7.11. The largest absolute Gasteiger partial charge is 0.378 e. The van der Waals surface area contributed by atoms with Crippen molar-refractivity contribution in [3.63, 3.8) is 0 Å². The molecule has 3 atom stereocenters. The number of nitrogens with zero attached hydrogens (tertiary/aromatic N) is 2. The van der Waals surface area contributed by atoms with E-state index < -0.39 is 0 Å². The number of nitrogens with two attached hydrogens (primary N) is 1. The second-order valence-corrected chi connectivity index (χ2v) is 5.87. The lowest BCUT2D eigenvalue weighted by Gasteiger charge is -2.39. The molecule has 20 heavy (non-hydrogen) atoms. The van der Waals surface area contributed by atoms with E-state index in [4.69, 9.17) is 10.5 Å². The highest BCUT2D eigenvalue weighted by molar-refractivity contribution is 5.93. The molecular weight excluding hydrogens is 256 g/mol. The number of amides is 1. The Hall–Kier alpha value is -1.69. The molecule has 1 aromatic rings. The van der Waals surface area contributed by atoms with Crippen LogP contribution in [0.25, 0.3) is 0 Å². The summed E-state index contributed by atoms with van der Waals surface area (Å²) in [4.78, 5) is 20.5. The van der Waals surface area contributed by atoms with Crippen molar-refractivity contribution in [2.45, 2.75) is 44.8 Å². The fourth-order valence-corrected chi connectivity index (χ4v) is 2.90. The maximum absolute atomic E-state index is 12.3. The highest BCUT2D eigenvalue weighted by Crippen LogP contribution is 2.38. The van der Waals surface area contributed by atoms with E-state index >= 15 is 0 Å². The molecule has 108 valence electrons. The monoisotopic (exact) mass is 276 g/mol. The third-order valence-corrected chi connectivity index (χ3v) is 4.17. The van der Waals surface area contributed by atoms with Crippen molar-refractivity contribution >= 4 is 11.9 Å². The van der Waals surface area contributed by atoms with Gasteiger partial charge < -0.3 is 15.8 Å². The SMILES string of the molecule is CC(C)c1cc(C(=O)NC2CC3OCCC23)nc(N)n1. The molecule has 1 aliphatic heterocycles. The van der Waals surface area contributed by atoms with E-state index in [9.17, 15) is 4.79 Å². The first-order chi connectivity index (χ1) is 9.54. The van der Waals surface area contributed by atoms with Crippen LogP contribution in [0.2, 0.25) is 0 Å².